The Labute approximate surface area is 176 Å². The highest BCUT2D eigenvalue weighted by Gasteiger charge is 2.50. The molecule has 2 aliphatic rings. The lowest BCUT2D eigenvalue weighted by Crippen LogP contribution is -2.56. The van der Waals surface area contributed by atoms with Gasteiger partial charge in [-0.2, -0.15) is 0 Å². The second kappa shape index (κ2) is 8.50. The van der Waals surface area contributed by atoms with E-state index in [9.17, 15) is 4.79 Å². The van der Waals surface area contributed by atoms with Gasteiger partial charge in [-0.05, 0) is 17.5 Å². The van der Waals surface area contributed by atoms with Gasteiger partial charge in [-0.1, -0.05) is 67.6 Å². The van der Waals surface area contributed by atoms with Gasteiger partial charge in [0, 0.05) is 30.3 Å². The van der Waals surface area contributed by atoms with E-state index in [2.05, 4.69) is 48.5 Å². The van der Waals surface area contributed by atoms with Crippen LogP contribution >= 0.6 is 11.8 Å². The maximum Gasteiger partial charge on any atom is 0.303 e. The van der Waals surface area contributed by atoms with E-state index >= 15 is 0 Å². The van der Waals surface area contributed by atoms with E-state index in [-0.39, 0.29) is 16.5 Å². The third kappa shape index (κ3) is 4.52. The van der Waals surface area contributed by atoms with Crippen molar-refractivity contribution in [1.82, 2.24) is 0 Å². The smallest absolute Gasteiger partial charge is 0.303 e. The standard InChI is InChI=1S/C24H28O4S/c1-3-23(28-18(2)25)16-26-24(27-17-23)14-21(19-10-6-4-7-11-19)29-22(15-24)20-12-8-5-9-13-20/h4-13,21-22H,3,14-17H2,1-2H3. The molecule has 2 fully saturated rings. The van der Waals surface area contributed by atoms with Crippen LogP contribution in [-0.2, 0) is 19.0 Å². The van der Waals surface area contributed by atoms with Crippen molar-refractivity contribution in [2.75, 3.05) is 13.2 Å². The van der Waals surface area contributed by atoms with Crippen molar-refractivity contribution in [3.8, 4) is 0 Å². The number of hydrogen-bond acceptors (Lipinski definition) is 5. The van der Waals surface area contributed by atoms with Crippen molar-refractivity contribution in [3.63, 3.8) is 0 Å². The van der Waals surface area contributed by atoms with Crippen molar-refractivity contribution in [3.05, 3.63) is 71.8 Å². The summed E-state index contributed by atoms with van der Waals surface area (Å²) in [5.74, 6) is -0.955. The highest BCUT2D eigenvalue weighted by atomic mass is 32.2. The molecule has 2 aromatic rings. The average Bonchev–Trinajstić information content (AvgIpc) is 2.76. The Bertz CT molecular complexity index is 766. The molecule has 5 heteroatoms. The first-order chi connectivity index (χ1) is 14.0. The fourth-order valence-corrected chi connectivity index (χ4v) is 5.88. The van der Waals surface area contributed by atoms with Gasteiger partial charge in [0.25, 0.3) is 0 Å². The van der Waals surface area contributed by atoms with Crippen molar-refractivity contribution in [2.24, 2.45) is 0 Å². The van der Waals surface area contributed by atoms with E-state index in [1.165, 1.54) is 18.1 Å². The second-order valence-electron chi connectivity index (χ2n) is 7.96. The highest BCUT2D eigenvalue weighted by molar-refractivity contribution is 7.99. The number of carbonyl (C=O) groups is 1. The second-order valence-corrected chi connectivity index (χ2v) is 9.37. The molecule has 2 aromatic carbocycles. The zero-order chi connectivity index (χ0) is 20.3. The number of hydrogen-bond donors (Lipinski definition) is 0. The monoisotopic (exact) mass is 412 g/mol. The van der Waals surface area contributed by atoms with Crippen molar-refractivity contribution in [1.29, 1.82) is 0 Å². The van der Waals surface area contributed by atoms with Gasteiger partial charge < -0.3 is 14.2 Å². The number of ether oxygens (including phenoxy) is 3. The van der Waals surface area contributed by atoms with E-state index in [1.807, 2.05) is 30.8 Å². The summed E-state index contributed by atoms with van der Waals surface area (Å²) in [6, 6.07) is 21.1. The van der Waals surface area contributed by atoms with Crippen LogP contribution in [0.2, 0.25) is 0 Å². The molecule has 0 aliphatic carbocycles. The molecule has 4 nitrogen and oxygen atoms in total. The Morgan fingerprint density at radius 1 is 0.966 bits per heavy atom. The predicted octanol–water partition coefficient (Wildman–Crippen LogP) is 5.45. The molecule has 0 radical (unpaired) electrons. The van der Waals surface area contributed by atoms with Crippen LogP contribution in [0.1, 0.15) is 54.7 Å². The van der Waals surface area contributed by atoms with E-state index < -0.39 is 11.4 Å². The molecule has 4 rings (SSSR count). The summed E-state index contributed by atoms with van der Waals surface area (Å²) in [6.45, 7) is 4.19. The van der Waals surface area contributed by atoms with E-state index in [0.29, 0.717) is 19.6 Å². The fraction of sp³-hybridized carbons (Fsp3) is 0.458. The normalized spacial score (nSPS) is 32.1. The Kier molecular flexibility index (Phi) is 6.00. The molecule has 2 aliphatic heterocycles. The topological polar surface area (TPSA) is 44.8 Å². The van der Waals surface area contributed by atoms with Gasteiger partial charge in [-0.25, -0.2) is 0 Å². The molecule has 0 bridgehead atoms. The van der Waals surface area contributed by atoms with Gasteiger partial charge in [0.1, 0.15) is 0 Å². The summed E-state index contributed by atoms with van der Waals surface area (Å²) in [6.07, 6.45) is 2.23. The fourth-order valence-electron chi connectivity index (χ4n) is 4.16. The molecule has 0 N–H and O–H groups in total. The van der Waals surface area contributed by atoms with Gasteiger partial charge >= 0.3 is 5.97 Å². The van der Waals surface area contributed by atoms with Crippen LogP contribution in [0.3, 0.4) is 0 Å². The van der Waals surface area contributed by atoms with Gasteiger partial charge in [-0.15, -0.1) is 11.8 Å². The maximum absolute atomic E-state index is 11.6. The van der Waals surface area contributed by atoms with Crippen LogP contribution in [0.15, 0.2) is 60.7 Å². The van der Waals surface area contributed by atoms with Crippen LogP contribution in [-0.4, -0.2) is 30.6 Å². The summed E-state index contributed by atoms with van der Waals surface area (Å²) < 4.78 is 18.4. The molecule has 29 heavy (non-hydrogen) atoms. The lowest BCUT2D eigenvalue weighted by molar-refractivity contribution is -0.326. The molecule has 1 spiro atoms. The Hall–Kier alpha value is -1.82. The van der Waals surface area contributed by atoms with Crippen LogP contribution in [0.25, 0.3) is 0 Å². The Morgan fingerprint density at radius 2 is 1.45 bits per heavy atom. The SMILES string of the molecule is CCC1(OC(C)=O)COC2(CC(c3ccccc3)SC(c3ccccc3)C2)OC1. The minimum atomic E-state index is -0.688. The molecule has 2 atom stereocenters. The summed E-state index contributed by atoms with van der Waals surface area (Å²) in [7, 11) is 0. The Morgan fingerprint density at radius 3 is 1.86 bits per heavy atom. The van der Waals surface area contributed by atoms with Gasteiger partial charge in [0.15, 0.2) is 11.4 Å². The zero-order valence-electron chi connectivity index (χ0n) is 17.0. The predicted molar refractivity (Wildman–Crippen MR) is 115 cm³/mol. The quantitative estimate of drug-likeness (QED) is 0.625. The molecule has 154 valence electrons. The maximum atomic E-state index is 11.6. The van der Waals surface area contributed by atoms with E-state index in [1.54, 1.807) is 0 Å². The summed E-state index contributed by atoms with van der Waals surface area (Å²) in [5, 5.41) is 0.552. The van der Waals surface area contributed by atoms with Crippen LogP contribution in [0.5, 0.6) is 0 Å². The molecule has 2 heterocycles. The van der Waals surface area contributed by atoms with E-state index in [0.717, 1.165) is 12.8 Å². The number of carbonyl (C=O) groups excluding carboxylic acids is 1. The highest BCUT2D eigenvalue weighted by Crippen LogP contribution is 2.56. The number of thioether (sulfide) groups is 1. The number of rotatable bonds is 4. The first kappa shape index (κ1) is 20.5. The number of esters is 1. The average molecular weight is 413 g/mol. The minimum Gasteiger partial charge on any atom is -0.454 e. The third-order valence-corrected chi connectivity index (χ3v) is 7.40. The van der Waals surface area contributed by atoms with Gasteiger partial charge in [0.2, 0.25) is 0 Å². The molecule has 2 saturated heterocycles. The molecular formula is C24H28O4S. The van der Waals surface area contributed by atoms with Crippen LogP contribution in [0, 0.1) is 0 Å². The third-order valence-electron chi connectivity index (χ3n) is 5.87. The summed E-state index contributed by atoms with van der Waals surface area (Å²) in [4.78, 5) is 11.6. The first-order valence-corrected chi connectivity index (χ1v) is 11.2. The lowest BCUT2D eigenvalue weighted by atomic mass is 9.93. The summed E-state index contributed by atoms with van der Waals surface area (Å²) in [5.41, 5.74) is 1.89. The molecule has 2 unspecified atom stereocenters. The molecule has 0 amide bonds. The van der Waals surface area contributed by atoms with Crippen molar-refractivity contribution in [2.45, 2.75) is 55.0 Å². The van der Waals surface area contributed by atoms with Gasteiger partial charge in [-0.3, -0.25) is 4.79 Å². The minimum absolute atomic E-state index is 0.276. The van der Waals surface area contributed by atoms with Gasteiger partial charge in [0.05, 0.1) is 13.2 Å². The van der Waals surface area contributed by atoms with E-state index in [4.69, 9.17) is 14.2 Å². The first-order valence-electron chi connectivity index (χ1n) is 10.3. The number of benzene rings is 2. The van der Waals surface area contributed by atoms with Crippen LogP contribution in [0.4, 0.5) is 0 Å². The zero-order valence-corrected chi connectivity index (χ0v) is 17.8. The largest absolute Gasteiger partial charge is 0.454 e. The molecule has 0 saturated carbocycles. The van der Waals surface area contributed by atoms with Crippen molar-refractivity contribution >= 4 is 17.7 Å². The summed E-state index contributed by atoms with van der Waals surface area (Å²) >= 11 is 1.98. The Balaban J connectivity index is 1.59. The lowest BCUT2D eigenvalue weighted by Gasteiger charge is -2.50. The van der Waals surface area contributed by atoms with Crippen molar-refractivity contribution < 1.29 is 19.0 Å². The molecule has 0 aromatic heterocycles. The van der Waals surface area contributed by atoms with Crippen LogP contribution < -0.4 is 0 Å². The molecular weight excluding hydrogens is 384 g/mol.